The lowest BCUT2D eigenvalue weighted by Crippen LogP contribution is -2.23. The van der Waals surface area contributed by atoms with Crippen LogP contribution in [0.3, 0.4) is 0 Å². The van der Waals surface area contributed by atoms with Crippen molar-refractivity contribution in [3.63, 3.8) is 0 Å². The molecule has 2 aromatic heterocycles. The molecular weight excluding hydrogens is 468 g/mol. The molecule has 2 heterocycles. The van der Waals surface area contributed by atoms with E-state index in [0.29, 0.717) is 26.6 Å². The fourth-order valence-corrected chi connectivity index (χ4v) is 7.21. The van der Waals surface area contributed by atoms with Crippen LogP contribution in [-0.2, 0) is 27.2 Å². The van der Waals surface area contributed by atoms with Crippen LogP contribution in [0.5, 0.6) is 0 Å². The van der Waals surface area contributed by atoms with Gasteiger partial charge in [-0.05, 0) is 51.5 Å². The van der Waals surface area contributed by atoms with Crippen LogP contribution in [0.15, 0.2) is 4.34 Å². The number of carbonyl (C=O) groups excluding carboxylic acids is 3. The summed E-state index contributed by atoms with van der Waals surface area (Å²) in [6.45, 7) is 3.84. The highest BCUT2D eigenvalue weighted by atomic mass is 32.2. The van der Waals surface area contributed by atoms with Crippen LogP contribution >= 0.6 is 34.4 Å². The molecule has 8 nitrogen and oxygen atoms in total. The van der Waals surface area contributed by atoms with Gasteiger partial charge in [-0.2, -0.15) is 0 Å². The van der Waals surface area contributed by atoms with Crippen LogP contribution in [0.2, 0.25) is 0 Å². The van der Waals surface area contributed by atoms with Gasteiger partial charge >= 0.3 is 5.97 Å². The fourth-order valence-electron chi connectivity index (χ4n) is 4.03. The normalized spacial score (nSPS) is 16.6. The Morgan fingerprint density at radius 1 is 1.12 bits per heavy atom. The average Bonchev–Trinajstić information content (AvgIpc) is 3.53. The van der Waals surface area contributed by atoms with Gasteiger partial charge in [-0.1, -0.05) is 35.9 Å². The van der Waals surface area contributed by atoms with Gasteiger partial charge < -0.3 is 15.4 Å². The molecule has 1 atom stereocenters. The highest BCUT2D eigenvalue weighted by molar-refractivity contribution is 8.02. The van der Waals surface area contributed by atoms with E-state index in [4.69, 9.17) is 4.74 Å². The largest absolute Gasteiger partial charge is 0.462 e. The lowest BCUT2D eigenvalue weighted by Gasteiger charge is -2.11. The number of anilines is 2. The first-order valence-corrected chi connectivity index (χ1v) is 13.4. The number of aryl methyl sites for hydroxylation is 1. The van der Waals surface area contributed by atoms with E-state index in [2.05, 4.69) is 20.8 Å². The lowest BCUT2D eigenvalue weighted by atomic mass is 10.1. The van der Waals surface area contributed by atoms with Gasteiger partial charge in [0, 0.05) is 10.8 Å². The molecule has 0 bridgehead atoms. The number of amides is 2. The van der Waals surface area contributed by atoms with E-state index in [1.807, 2.05) is 0 Å². The summed E-state index contributed by atoms with van der Waals surface area (Å²) in [4.78, 5) is 38.8. The quantitative estimate of drug-likeness (QED) is 0.315. The van der Waals surface area contributed by atoms with Crippen molar-refractivity contribution in [2.45, 2.75) is 68.4 Å². The summed E-state index contributed by atoms with van der Waals surface area (Å²) >= 11 is 4.00. The predicted molar refractivity (Wildman–Crippen MR) is 127 cm³/mol. The number of fused-ring (bicyclic) bond motifs is 1. The summed E-state index contributed by atoms with van der Waals surface area (Å²) in [5.41, 5.74) is 1.51. The number of hydrogen-bond acceptors (Lipinski definition) is 9. The molecule has 1 saturated carbocycles. The average molecular weight is 495 g/mol. The minimum absolute atomic E-state index is 0.00164. The lowest BCUT2D eigenvalue weighted by molar-refractivity contribution is -0.119. The molecule has 32 heavy (non-hydrogen) atoms. The third kappa shape index (κ3) is 5.15. The molecule has 0 radical (unpaired) electrons. The van der Waals surface area contributed by atoms with E-state index in [1.165, 1.54) is 34.4 Å². The molecule has 0 saturated heterocycles. The van der Waals surface area contributed by atoms with E-state index in [1.54, 1.807) is 13.8 Å². The number of thiophene rings is 1. The second-order valence-electron chi connectivity index (χ2n) is 7.88. The summed E-state index contributed by atoms with van der Waals surface area (Å²) in [7, 11) is 0. The molecule has 2 N–H and O–H groups in total. The van der Waals surface area contributed by atoms with E-state index >= 15 is 0 Å². The number of hydrogen-bond donors (Lipinski definition) is 2. The number of ether oxygens (including phenoxy) is 1. The summed E-state index contributed by atoms with van der Waals surface area (Å²) < 4.78 is 5.83. The maximum atomic E-state index is 12.8. The highest BCUT2D eigenvalue weighted by Gasteiger charge is 2.29. The maximum Gasteiger partial charge on any atom is 0.341 e. The summed E-state index contributed by atoms with van der Waals surface area (Å²) in [6.07, 6.45) is 6.80. The first-order chi connectivity index (χ1) is 15.5. The standard InChI is InChI=1S/C21H26N4O4S3/c1-3-29-19(28)15-13-9-6-10-14(13)31-18(15)22-16(26)11(2)30-21-25-24-20(32-21)23-17(27)12-7-4-5-8-12/h11-12H,3-10H2,1-2H3,(H,22,26)(H,23,24,27). The number of thioether (sulfide) groups is 1. The van der Waals surface area contributed by atoms with Crippen molar-refractivity contribution in [3.05, 3.63) is 16.0 Å². The Morgan fingerprint density at radius 3 is 2.66 bits per heavy atom. The molecule has 0 aromatic carbocycles. The smallest absolute Gasteiger partial charge is 0.341 e. The number of esters is 1. The Bertz CT molecular complexity index is 1010. The van der Waals surface area contributed by atoms with Crippen LogP contribution in [0, 0.1) is 5.92 Å². The molecule has 2 aliphatic carbocycles. The number of nitrogens with zero attached hydrogens (tertiary/aromatic N) is 2. The Kier molecular flexibility index (Phi) is 7.47. The van der Waals surface area contributed by atoms with Crippen molar-refractivity contribution in [1.29, 1.82) is 0 Å². The molecular formula is C21H26N4O4S3. The highest BCUT2D eigenvalue weighted by Crippen LogP contribution is 2.40. The van der Waals surface area contributed by atoms with Crippen molar-refractivity contribution in [2.24, 2.45) is 5.92 Å². The summed E-state index contributed by atoms with van der Waals surface area (Å²) in [5.74, 6) is -0.541. The predicted octanol–water partition coefficient (Wildman–Crippen LogP) is 4.51. The number of nitrogens with one attached hydrogen (secondary N) is 2. The molecule has 0 spiro atoms. The van der Waals surface area contributed by atoms with Crippen LogP contribution in [0.1, 0.15) is 66.8 Å². The molecule has 4 rings (SSSR count). The maximum absolute atomic E-state index is 12.8. The van der Waals surface area contributed by atoms with Crippen molar-refractivity contribution < 1.29 is 19.1 Å². The number of rotatable bonds is 8. The molecule has 0 aliphatic heterocycles. The van der Waals surface area contributed by atoms with Gasteiger partial charge in [0.2, 0.25) is 16.9 Å². The van der Waals surface area contributed by atoms with Gasteiger partial charge in [0.15, 0.2) is 4.34 Å². The van der Waals surface area contributed by atoms with Crippen molar-refractivity contribution in [1.82, 2.24) is 10.2 Å². The fraction of sp³-hybridized carbons (Fsp3) is 0.571. The molecule has 11 heteroatoms. The molecule has 172 valence electrons. The second-order valence-corrected chi connectivity index (χ2v) is 11.5. The zero-order chi connectivity index (χ0) is 22.7. The Labute approximate surface area is 198 Å². The monoisotopic (exact) mass is 494 g/mol. The van der Waals surface area contributed by atoms with Gasteiger partial charge in [0.1, 0.15) is 5.00 Å². The van der Waals surface area contributed by atoms with Crippen LogP contribution in [0.25, 0.3) is 0 Å². The van der Waals surface area contributed by atoms with Crippen LogP contribution in [0.4, 0.5) is 10.1 Å². The summed E-state index contributed by atoms with van der Waals surface area (Å²) in [6, 6.07) is 0. The SMILES string of the molecule is CCOC(=O)c1c(NC(=O)C(C)Sc2nnc(NC(=O)C3CCCC3)s2)sc2c1CCC2. The van der Waals surface area contributed by atoms with Crippen LogP contribution < -0.4 is 10.6 Å². The van der Waals surface area contributed by atoms with Gasteiger partial charge in [0.05, 0.1) is 17.4 Å². The second kappa shape index (κ2) is 10.3. The number of carbonyl (C=O) groups is 3. The van der Waals surface area contributed by atoms with E-state index in [0.717, 1.165) is 55.4 Å². The van der Waals surface area contributed by atoms with E-state index in [-0.39, 0.29) is 23.7 Å². The molecule has 2 amide bonds. The third-order valence-electron chi connectivity index (χ3n) is 5.65. The Balaban J connectivity index is 1.37. The van der Waals surface area contributed by atoms with Crippen molar-refractivity contribution >= 4 is 62.4 Å². The van der Waals surface area contributed by atoms with E-state index < -0.39 is 5.25 Å². The Morgan fingerprint density at radius 2 is 1.91 bits per heavy atom. The van der Waals surface area contributed by atoms with Gasteiger partial charge in [-0.25, -0.2) is 4.79 Å². The van der Waals surface area contributed by atoms with Crippen molar-refractivity contribution in [2.75, 3.05) is 17.2 Å². The van der Waals surface area contributed by atoms with E-state index in [9.17, 15) is 14.4 Å². The molecule has 1 unspecified atom stereocenters. The first-order valence-electron chi connectivity index (χ1n) is 10.9. The molecule has 2 aliphatic rings. The minimum Gasteiger partial charge on any atom is -0.462 e. The zero-order valence-corrected chi connectivity index (χ0v) is 20.5. The molecule has 1 fully saturated rings. The van der Waals surface area contributed by atoms with Crippen molar-refractivity contribution in [3.8, 4) is 0 Å². The minimum atomic E-state index is -0.451. The van der Waals surface area contributed by atoms with Gasteiger partial charge in [0.25, 0.3) is 0 Å². The third-order valence-corrected chi connectivity index (χ3v) is 8.88. The Hall–Kier alpha value is -1.98. The van der Waals surface area contributed by atoms with Gasteiger partial charge in [-0.15, -0.1) is 21.5 Å². The molecule has 2 aromatic rings. The zero-order valence-electron chi connectivity index (χ0n) is 18.1. The van der Waals surface area contributed by atoms with Crippen LogP contribution in [-0.4, -0.2) is 39.8 Å². The topological polar surface area (TPSA) is 110 Å². The van der Waals surface area contributed by atoms with Gasteiger partial charge in [-0.3, -0.25) is 9.59 Å². The summed E-state index contributed by atoms with van der Waals surface area (Å²) in [5, 5.41) is 14.5. The first kappa shape index (κ1) is 23.2. The number of aromatic nitrogens is 2.